The van der Waals surface area contributed by atoms with Crippen LogP contribution >= 0.6 is 0 Å². The summed E-state index contributed by atoms with van der Waals surface area (Å²) in [6.07, 6.45) is -1.53. The van der Waals surface area contributed by atoms with Gasteiger partial charge in [-0.3, -0.25) is 4.79 Å². The van der Waals surface area contributed by atoms with Crippen molar-refractivity contribution in [1.82, 2.24) is 5.32 Å². The first-order valence-corrected chi connectivity index (χ1v) is 3.90. The molecule has 0 aromatic carbocycles. The van der Waals surface area contributed by atoms with Crippen LogP contribution in [0.1, 0.15) is 5.56 Å². The van der Waals surface area contributed by atoms with Crippen LogP contribution in [0.15, 0.2) is 23.0 Å². The Bertz CT molecular complexity index is 323. The largest absolute Gasteiger partial charge is 0.472 e. The van der Waals surface area contributed by atoms with Gasteiger partial charge in [-0.1, -0.05) is 0 Å². The molecule has 1 rings (SSSR count). The molecule has 1 aromatic rings. The lowest BCUT2D eigenvalue weighted by molar-refractivity contribution is -0.169. The van der Waals surface area contributed by atoms with Gasteiger partial charge in [-0.05, 0) is 6.07 Å². The SMILES string of the molecule is O=C(NCc1ccoc1)C(F)(F)C(F)F. The summed E-state index contributed by atoms with van der Waals surface area (Å²) in [5.74, 6) is -6.66. The Morgan fingerprint density at radius 3 is 2.67 bits per heavy atom. The molecule has 84 valence electrons. The monoisotopic (exact) mass is 225 g/mol. The second-order valence-electron chi connectivity index (χ2n) is 2.74. The van der Waals surface area contributed by atoms with E-state index in [1.54, 1.807) is 5.32 Å². The highest BCUT2D eigenvalue weighted by Gasteiger charge is 2.48. The molecule has 1 heterocycles. The molecule has 1 aromatic heterocycles. The standard InChI is InChI=1S/C8H7F4NO2/c9-6(10)8(11,12)7(14)13-3-5-1-2-15-4-5/h1-2,4,6H,3H2,(H,13,14). The van der Waals surface area contributed by atoms with Gasteiger partial charge in [0.15, 0.2) is 0 Å². The van der Waals surface area contributed by atoms with E-state index in [0.717, 1.165) is 0 Å². The van der Waals surface area contributed by atoms with Crippen molar-refractivity contribution in [2.75, 3.05) is 0 Å². The molecule has 0 saturated carbocycles. The third-order valence-corrected chi connectivity index (χ3v) is 1.61. The zero-order valence-electron chi connectivity index (χ0n) is 7.34. The topological polar surface area (TPSA) is 42.2 Å². The number of carbonyl (C=O) groups is 1. The first-order valence-electron chi connectivity index (χ1n) is 3.90. The second kappa shape index (κ2) is 4.33. The summed E-state index contributed by atoms with van der Waals surface area (Å²) >= 11 is 0. The van der Waals surface area contributed by atoms with Gasteiger partial charge in [0.05, 0.1) is 12.5 Å². The average molecular weight is 225 g/mol. The number of carbonyl (C=O) groups excluding carboxylic acids is 1. The van der Waals surface area contributed by atoms with Crippen molar-refractivity contribution in [2.24, 2.45) is 0 Å². The Kier molecular flexibility index (Phi) is 3.33. The summed E-state index contributed by atoms with van der Waals surface area (Å²) in [5, 5.41) is 1.68. The molecule has 0 saturated heterocycles. The molecule has 0 aliphatic carbocycles. The number of rotatable bonds is 4. The van der Waals surface area contributed by atoms with Crippen molar-refractivity contribution < 1.29 is 26.8 Å². The number of hydrogen-bond donors (Lipinski definition) is 1. The van der Waals surface area contributed by atoms with Crippen LogP contribution in [0.4, 0.5) is 17.6 Å². The lowest BCUT2D eigenvalue weighted by Gasteiger charge is -2.14. The molecule has 0 aliphatic heterocycles. The Labute approximate surface area is 82.1 Å². The van der Waals surface area contributed by atoms with Crippen LogP contribution in [0, 0.1) is 0 Å². The molecule has 0 radical (unpaired) electrons. The first kappa shape index (κ1) is 11.5. The van der Waals surface area contributed by atoms with E-state index in [1.165, 1.54) is 18.6 Å². The smallest absolute Gasteiger partial charge is 0.383 e. The Morgan fingerprint density at radius 2 is 2.20 bits per heavy atom. The van der Waals surface area contributed by atoms with E-state index < -0.39 is 18.3 Å². The van der Waals surface area contributed by atoms with E-state index in [0.29, 0.717) is 5.56 Å². The molecule has 15 heavy (non-hydrogen) atoms. The lowest BCUT2D eigenvalue weighted by Crippen LogP contribution is -2.44. The zero-order valence-corrected chi connectivity index (χ0v) is 7.34. The summed E-state index contributed by atoms with van der Waals surface area (Å²) in [5.41, 5.74) is 0.411. The minimum atomic E-state index is -4.66. The average Bonchev–Trinajstić information content (AvgIpc) is 2.66. The van der Waals surface area contributed by atoms with Crippen LogP contribution in [0.2, 0.25) is 0 Å². The summed E-state index contributed by atoms with van der Waals surface area (Å²) in [6, 6.07) is 1.42. The fourth-order valence-corrected chi connectivity index (χ4v) is 0.793. The van der Waals surface area contributed by atoms with Crippen molar-refractivity contribution in [3.05, 3.63) is 24.2 Å². The third kappa shape index (κ3) is 2.71. The van der Waals surface area contributed by atoms with E-state index in [1.807, 2.05) is 0 Å². The van der Waals surface area contributed by atoms with Crippen molar-refractivity contribution in [3.8, 4) is 0 Å². The zero-order chi connectivity index (χ0) is 11.5. The van der Waals surface area contributed by atoms with Gasteiger partial charge in [0, 0.05) is 12.1 Å². The van der Waals surface area contributed by atoms with Gasteiger partial charge in [-0.2, -0.15) is 8.78 Å². The van der Waals surface area contributed by atoms with Crippen LogP contribution in [-0.4, -0.2) is 18.3 Å². The van der Waals surface area contributed by atoms with Crippen LogP contribution < -0.4 is 5.32 Å². The lowest BCUT2D eigenvalue weighted by atomic mass is 10.3. The van der Waals surface area contributed by atoms with Gasteiger partial charge in [-0.15, -0.1) is 0 Å². The van der Waals surface area contributed by atoms with Crippen molar-refractivity contribution in [2.45, 2.75) is 18.9 Å². The van der Waals surface area contributed by atoms with Gasteiger partial charge >= 0.3 is 12.3 Å². The van der Waals surface area contributed by atoms with Gasteiger partial charge < -0.3 is 9.73 Å². The van der Waals surface area contributed by atoms with E-state index in [-0.39, 0.29) is 6.54 Å². The van der Waals surface area contributed by atoms with Gasteiger partial charge in [0.1, 0.15) is 0 Å². The molecular weight excluding hydrogens is 218 g/mol. The fraction of sp³-hybridized carbons (Fsp3) is 0.375. The van der Waals surface area contributed by atoms with Crippen LogP contribution in [0.3, 0.4) is 0 Å². The first-order chi connectivity index (χ1) is 6.94. The molecule has 1 amide bonds. The van der Waals surface area contributed by atoms with E-state index in [2.05, 4.69) is 4.42 Å². The van der Waals surface area contributed by atoms with Crippen molar-refractivity contribution in [1.29, 1.82) is 0 Å². The second-order valence-corrected chi connectivity index (χ2v) is 2.74. The van der Waals surface area contributed by atoms with Gasteiger partial charge in [0.2, 0.25) is 0 Å². The predicted molar refractivity (Wildman–Crippen MR) is 41.5 cm³/mol. The number of halogens is 4. The minimum absolute atomic E-state index is 0.280. The molecule has 0 aliphatic rings. The molecule has 0 unspecified atom stereocenters. The molecule has 0 bridgehead atoms. The van der Waals surface area contributed by atoms with Crippen LogP contribution in [0.5, 0.6) is 0 Å². The summed E-state index contributed by atoms with van der Waals surface area (Å²) in [7, 11) is 0. The van der Waals surface area contributed by atoms with Gasteiger partial charge in [-0.25, -0.2) is 8.78 Å². The summed E-state index contributed by atoms with van der Waals surface area (Å²) in [4.78, 5) is 10.6. The maximum absolute atomic E-state index is 12.4. The normalized spacial score (nSPS) is 11.8. The Balaban J connectivity index is 2.49. The maximum atomic E-state index is 12.4. The highest BCUT2D eigenvalue weighted by molar-refractivity contribution is 5.83. The number of nitrogens with one attached hydrogen (secondary N) is 1. The number of furan rings is 1. The van der Waals surface area contributed by atoms with E-state index >= 15 is 0 Å². The molecular formula is C8H7F4NO2. The highest BCUT2D eigenvalue weighted by atomic mass is 19.3. The highest BCUT2D eigenvalue weighted by Crippen LogP contribution is 2.22. The molecule has 0 fully saturated rings. The Morgan fingerprint density at radius 1 is 1.53 bits per heavy atom. The number of hydrogen-bond acceptors (Lipinski definition) is 2. The number of alkyl halides is 4. The predicted octanol–water partition coefficient (Wildman–Crippen LogP) is 1.80. The third-order valence-electron chi connectivity index (χ3n) is 1.61. The maximum Gasteiger partial charge on any atom is 0.383 e. The van der Waals surface area contributed by atoms with Crippen molar-refractivity contribution in [3.63, 3.8) is 0 Å². The Hall–Kier alpha value is -1.53. The minimum Gasteiger partial charge on any atom is -0.472 e. The van der Waals surface area contributed by atoms with Crippen LogP contribution in [0.25, 0.3) is 0 Å². The van der Waals surface area contributed by atoms with E-state index in [9.17, 15) is 22.4 Å². The van der Waals surface area contributed by atoms with Crippen LogP contribution in [-0.2, 0) is 11.3 Å². The molecule has 1 N–H and O–H groups in total. The number of amides is 1. The molecule has 0 spiro atoms. The molecule has 3 nitrogen and oxygen atoms in total. The molecule has 7 heteroatoms. The molecule has 0 atom stereocenters. The van der Waals surface area contributed by atoms with Gasteiger partial charge in [0.25, 0.3) is 5.91 Å². The van der Waals surface area contributed by atoms with Crippen molar-refractivity contribution >= 4 is 5.91 Å². The quantitative estimate of drug-likeness (QED) is 0.794. The summed E-state index contributed by atoms with van der Waals surface area (Å²) < 4.78 is 52.8. The fourth-order valence-electron chi connectivity index (χ4n) is 0.793. The van der Waals surface area contributed by atoms with E-state index in [4.69, 9.17) is 0 Å². The summed E-state index contributed by atoms with van der Waals surface area (Å²) in [6.45, 7) is -0.280.